The van der Waals surface area contributed by atoms with Crippen LogP contribution in [0.4, 0.5) is 0 Å². The van der Waals surface area contributed by atoms with E-state index in [9.17, 15) is 4.79 Å². The molecule has 1 saturated carbocycles. The largest absolute Gasteiger partial charge is 0.441 e. The van der Waals surface area contributed by atoms with Crippen molar-refractivity contribution in [3.8, 4) is 11.5 Å². The van der Waals surface area contributed by atoms with Crippen LogP contribution in [-0.2, 0) is 0 Å². The molecule has 0 bridgehead atoms. The number of carbonyl (C=O) groups excluding carboxylic acids is 1. The molecule has 22 heavy (non-hydrogen) atoms. The van der Waals surface area contributed by atoms with Crippen LogP contribution in [0.25, 0.3) is 11.5 Å². The minimum Gasteiger partial charge on any atom is -0.441 e. The summed E-state index contributed by atoms with van der Waals surface area (Å²) in [5, 5.41) is 3.83. The quantitative estimate of drug-likeness (QED) is 0.866. The molecule has 1 aliphatic rings. The average molecular weight is 303 g/mol. The first-order valence-electron chi connectivity index (χ1n) is 7.86. The number of hydrogen-bond acceptors (Lipinski definition) is 5. The third kappa shape index (κ3) is 2.77. The molecule has 2 aromatic heterocycles. The SMILES string of the molecule is CCN(C(=O)c1ncoc1-c1ccon1)C1CCCC(C)C1. The number of oxazole rings is 1. The molecule has 2 heterocycles. The Morgan fingerprint density at radius 1 is 1.45 bits per heavy atom. The first-order valence-corrected chi connectivity index (χ1v) is 7.86. The van der Waals surface area contributed by atoms with Crippen LogP contribution in [0, 0.1) is 5.92 Å². The third-order valence-corrected chi connectivity index (χ3v) is 4.39. The van der Waals surface area contributed by atoms with Gasteiger partial charge in [0.1, 0.15) is 6.26 Å². The lowest BCUT2D eigenvalue weighted by Crippen LogP contribution is -2.42. The van der Waals surface area contributed by atoms with Gasteiger partial charge < -0.3 is 13.8 Å². The molecular weight excluding hydrogens is 282 g/mol. The minimum absolute atomic E-state index is 0.0895. The van der Waals surface area contributed by atoms with Crippen molar-refractivity contribution in [2.24, 2.45) is 5.92 Å². The monoisotopic (exact) mass is 303 g/mol. The summed E-state index contributed by atoms with van der Waals surface area (Å²) in [6.07, 6.45) is 7.26. The van der Waals surface area contributed by atoms with Gasteiger partial charge in [-0.2, -0.15) is 0 Å². The van der Waals surface area contributed by atoms with E-state index in [1.54, 1.807) is 6.07 Å². The summed E-state index contributed by atoms with van der Waals surface area (Å²) in [4.78, 5) is 18.9. The van der Waals surface area contributed by atoms with E-state index in [-0.39, 0.29) is 11.9 Å². The summed E-state index contributed by atoms with van der Waals surface area (Å²) in [7, 11) is 0. The van der Waals surface area contributed by atoms with E-state index in [4.69, 9.17) is 8.94 Å². The molecule has 1 fully saturated rings. The van der Waals surface area contributed by atoms with Crippen LogP contribution in [0.15, 0.2) is 27.7 Å². The van der Waals surface area contributed by atoms with E-state index in [0.717, 1.165) is 12.8 Å². The minimum atomic E-state index is -0.0895. The molecule has 118 valence electrons. The molecule has 0 saturated heterocycles. The van der Waals surface area contributed by atoms with Crippen LogP contribution in [0.5, 0.6) is 0 Å². The second-order valence-corrected chi connectivity index (χ2v) is 5.93. The van der Waals surface area contributed by atoms with Gasteiger partial charge in [-0.3, -0.25) is 4.79 Å². The van der Waals surface area contributed by atoms with Crippen molar-refractivity contribution in [3.63, 3.8) is 0 Å². The van der Waals surface area contributed by atoms with E-state index in [1.807, 2.05) is 11.8 Å². The van der Waals surface area contributed by atoms with Gasteiger partial charge in [-0.05, 0) is 25.7 Å². The molecule has 1 amide bonds. The van der Waals surface area contributed by atoms with Crippen molar-refractivity contribution < 1.29 is 13.7 Å². The molecule has 0 spiro atoms. The summed E-state index contributed by atoms with van der Waals surface area (Å²) in [5.74, 6) is 0.947. The highest BCUT2D eigenvalue weighted by Gasteiger charge is 2.31. The topological polar surface area (TPSA) is 72.4 Å². The lowest BCUT2D eigenvalue weighted by Gasteiger charge is -2.35. The van der Waals surface area contributed by atoms with Crippen molar-refractivity contribution in [3.05, 3.63) is 24.4 Å². The maximum atomic E-state index is 12.9. The third-order valence-electron chi connectivity index (χ3n) is 4.39. The van der Waals surface area contributed by atoms with Gasteiger partial charge in [0.05, 0.1) is 0 Å². The highest BCUT2D eigenvalue weighted by molar-refractivity contribution is 5.97. The Balaban J connectivity index is 1.84. The second kappa shape index (κ2) is 6.34. The summed E-state index contributed by atoms with van der Waals surface area (Å²) in [6, 6.07) is 1.94. The van der Waals surface area contributed by atoms with Gasteiger partial charge in [-0.1, -0.05) is 24.9 Å². The normalized spacial score (nSPS) is 21.7. The summed E-state index contributed by atoms with van der Waals surface area (Å²) in [5.41, 5.74) is 0.808. The van der Waals surface area contributed by atoms with Gasteiger partial charge >= 0.3 is 0 Å². The van der Waals surface area contributed by atoms with Gasteiger partial charge in [0, 0.05) is 18.7 Å². The van der Waals surface area contributed by atoms with E-state index in [1.165, 1.54) is 25.5 Å². The van der Waals surface area contributed by atoms with E-state index < -0.39 is 0 Å². The molecule has 0 N–H and O–H groups in total. The number of nitrogens with zero attached hydrogens (tertiary/aromatic N) is 3. The number of carbonyl (C=O) groups is 1. The zero-order valence-corrected chi connectivity index (χ0v) is 13.0. The van der Waals surface area contributed by atoms with Gasteiger partial charge in [0.25, 0.3) is 5.91 Å². The Bertz CT molecular complexity index is 620. The average Bonchev–Trinajstić information content (AvgIpc) is 3.19. The Hall–Kier alpha value is -2.11. The lowest BCUT2D eigenvalue weighted by atomic mass is 9.86. The smallest absolute Gasteiger partial charge is 0.276 e. The molecule has 6 heteroatoms. The van der Waals surface area contributed by atoms with Gasteiger partial charge in [-0.15, -0.1) is 0 Å². The predicted octanol–water partition coefficient (Wildman–Crippen LogP) is 3.37. The van der Waals surface area contributed by atoms with Crippen molar-refractivity contribution in [2.75, 3.05) is 6.54 Å². The molecule has 2 atom stereocenters. The number of aromatic nitrogens is 2. The van der Waals surface area contributed by atoms with Crippen LogP contribution >= 0.6 is 0 Å². The standard InChI is InChI=1S/C16H21N3O3/c1-3-19(12-6-4-5-11(2)9-12)16(20)14-15(21-10-17-14)13-7-8-22-18-13/h7-8,10-12H,3-6,9H2,1-2H3. The zero-order valence-electron chi connectivity index (χ0n) is 13.0. The lowest BCUT2D eigenvalue weighted by molar-refractivity contribution is 0.0615. The van der Waals surface area contributed by atoms with Gasteiger partial charge in [-0.25, -0.2) is 4.98 Å². The fourth-order valence-corrected chi connectivity index (χ4v) is 3.30. The number of rotatable bonds is 4. The maximum absolute atomic E-state index is 12.9. The Labute approximate surface area is 129 Å². The highest BCUT2D eigenvalue weighted by atomic mass is 16.5. The molecule has 6 nitrogen and oxygen atoms in total. The van der Waals surface area contributed by atoms with Crippen LogP contribution in [0.3, 0.4) is 0 Å². The molecule has 2 aromatic rings. The van der Waals surface area contributed by atoms with Gasteiger partial charge in [0.15, 0.2) is 23.5 Å². The van der Waals surface area contributed by atoms with Crippen molar-refractivity contribution in [2.45, 2.75) is 45.6 Å². The Kier molecular flexibility index (Phi) is 4.27. The first kappa shape index (κ1) is 14.8. The fraction of sp³-hybridized carbons (Fsp3) is 0.562. The van der Waals surface area contributed by atoms with Crippen LogP contribution in [0.1, 0.15) is 50.0 Å². The number of hydrogen-bond donors (Lipinski definition) is 0. The molecule has 3 rings (SSSR count). The van der Waals surface area contributed by atoms with Crippen LogP contribution < -0.4 is 0 Å². The second-order valence-electron chi connectivity index (χ2n) is 5.93. The Morgan fingerprint density at radius 3 is 3.00 bits per heavy atom. The zero-order chi connectivity index (χ0) is 15.5. The predicted molar refractivity (Wildman–Crippen MR) is 80.1 cm³/mol. The fourth-order valence-electron chi connectivity index (χ4n) is 3.30. The van der Waals surface area contributed by atoms with Crippen molar-refractivity contribution in [1.82, 2.24) is 15.0 Å². The van der Waals surface area contributed by atoms with E-state index in [2.05, 4.69) is 17.1 Å². The molecule has 0 aliphatic heterocycles. The number of amides is 1. The molecule has 1 aliphatic carbocycles. The summed E-state index contributed by atoms with van der Waals surface area (Å²) >= 11 is 0. The highest BCUT2D eigenvalue weighted by Crippen LogP contribution is 2.29. The summed E-state index contributed by atoms with van der Waals surface area (Å²) < 4.78 is 10.2. The maximum Gasteiger partial charge on any atom is 0.276 e. The van der Waals surface area contributed by atoms with Crippen molar-refractivity contribution >= 4 is 5.91 Å². The molecule has 2 unspecified atom stereocenters. The first-order chi connectivity index (χ1) is 10.7. The molecule has 0 aromatic carbocycles. The Morgan fingerprint density at radius 2 is 2.32 bits per heavy atom. The molecular formula is C16H21N3O3. The van der Waals surface area contributed by atoms with Crippen LogP contribution in [-0.4, -0.2) is 33.5 Å². The van der Waals surface area contributed by atoms with E-state index >= 15 is 0 Å². The molecule has 0 radical (unpaired) electrons. The van der Waals surface area contributed by atoms with Crippen molar-refractivity contribution in [1.29, 1.82) is 0 Å². The van der Waals surface area contributed by atoms with Gasteiger partial charge in [0.2, 0.25) is 0 Å². The van der Waals surface area contributed by atoms with Crippen LogP contribution in [0.2, 0.25) is 0 Å². The summed E-state index contributed by atoms with van der Waals surface area (Å²) in [6.45, 7) is 4.93. The van der Waals surface area contributed by atoms with E-state index in [0.29, 0.717) is 29.6 Å².